The third kappa shape index (κ3) is 3.16. The van der Waals surface area contributed by atoms with Crippen LogP contribution < -0.4 is 10.6 Å². The number of rotatable bonds is 4. The molecule has 28 heavy (non-hydrogen) atoms. The van der Waals surface area contributed by atoms with Crippen LogP contribution in [-0.4, -0.2) is 53.0 Å². The Labute approximate surface area is 162 Å². The monoisotopic (exact) mass is 399 g/mol. The minimum absolute atomic E-state index is 0.254. The Morgan fingerprint density at radius 3 is 2.57 bits per heavy atom. The first-order chi connectivity index (χ1) is 13.4. The number of benzene rings is 1. The fourth-order valence-corrected chi connectivity index (χ4v) is 4.92. The van der Waals surface area contributed by atoms with Gasteiger partial charge >= 0.3 is 0 Å². The summed E-state index contributed by atoms with van der Waals surface area (Å²) in [7, 11) is -3.56. The van der Waals surface area contributed by atoms with Crippen LogP contribution in [0.15, 0.2) is 48.9 Å². The van der Waals surface area contributed by atoms with E-state index >= 15 is 0 Å². The lowest BCUT2D eigenvalue weighted by atomic mass is 9.96. The molecule has 2 aromatic heterocycles. The van der Waals surface area contributed by atoms with Gasteiger partial charge in [0.1, 0.15) is 12.1 Å². The molecule has 1 aromatic carbocycles. The number of carbonyl (C=O) groups excluding carboxylic acids is 1. The number of piperidine rings is 1. The largest absolute Gasteiger partial charge is 0.323 e. The second-order valence-electron chi connectivity index (χ2n) is 6.98. The zero-order valence-electron chi connectivity index (χ0n) is 15.4. The minimum atomic E-state index is -3.56. The molecule has 1 aliphatic heterocycles. The number of aromatic nitrogens is 3. The van der Waals surface area contributed by atoms with Gasteiger partial charge in [0.2, 0.25) is 5.91 Å². The Bertz CT molecular complexity index is 1120. The van der Waals surface area contributed by atoms with Gasteiger partial charge in [0.25, 0.3) is 0 Å². The molecule has 0 spiro atoms. The highest BCUT2D eigenvalue weighted by atomic mass is 32.2. The van der Waals surface area contributed by atoms with Crippen molar-refractivity contribution in [2.45, 2.75) is 17.6 Å². The highest BCUT2D eigenvalue weighted by Crippen LogP contribution is 2.29. The Kier molecular flexibility index (Phi) is 4.64. The van der Waals surface area contributed by atoms with E-state index in [-0.39, 0.29) is 12.8 Å². The predicted octanol–water partition coefficient (Wildman–Crippen LogP) is 1.53. The van der Waals surface area contributed by atoms with E-state index in [1.807, 2.05) is 28.8 Å². The molecule has 1 fully saturated rings. The van der Waals surface area contributed by atoms with Crippen molar-refractivity contribution in [2.75, 3.05) is 24.7 Å². The predicted molar refractivity (Wildman–Crippen MR) is 107 cm³/mol. The van der Waals surface area contributed by atoms with Gasteiger partial charge in [-0.15, -0.1) is 0 Å². The molecule has 2 N–H and O–H groups in total. The topological polar surface area (TPSA) is 106 Å². The molecule has 3 heterocycles. The summed E-state index contributed by atoms with van der Waals surface area (Å²) in [6, 6.07) is 11.2. The van der Waals surface area contributed by atoms with E-state index in [9.17, 15) is 13.2 Å². The first-order valence-electron chi connectivity index (χ1n) is 9.01. The highest BCUT2D eigenvalue weighted by molar-refractivity contribution is 7.92. The third-order valence-electron chi connectivity index (χ3n) is 5.24. The van der Waals surface area contributed by atoms with Crippen LogP contribution in [0.3, 0.4) is 0 Å². The van der Waals surface area contributed by atoms with Gasteiger partial charge in [-0.3, -0.25) is 9.36 Å². The Morgan fingerprint density at radius 1 is 1.14 bits per heavy atom. The second-order valence-corrected chi connectivity index (χ2v) is 9.30. The third-order valence-corrected chi connectivity index (χ3v) is 7.25. The maximum absolute atomic E-state index is 12.9. The fourth-order valence-electron chi connectivity index (χ4n) is 3.59. The number of anilines is 1. The molecule has 0 unspecified atom stereocenters. The smallest absolute Gasteiger partial charge is 0.245 e. The molecule has 0 atom stereocenters. The quantitative estimate of drug-likeness (QED) is 0.689. The van der Waals surface area contributed by atoms with Gasteiger partial charge < -0.3 is 10.6 Å². The van der Waals surface area contributed by atoms with E-state index in [0.717, 1.165) is 17.3 Å². The maximum atomic E-state index is 12.9. The number of amides is 1. The summed E-state index contributed by atoms with van der Waals surface area (Å²) in [5.74, 6) is 0.158. The van der Waals surface area contributed by atoms with E-state index in [2.05, 4.69) is 20.6 Å². The zero-order chi connectivity index (χ0) is 19.8. The van der Waals surface area contributed by atoms with Crippen LogP contribution in [0.25, 0.3) is 16.9 Å². The van der Waals surface area contributed by atoms with Crippen molar-refractivity contribution >= 4 is 32.5 Å². The molecule has 3 aromatic rings. The highest BCUT2D eigenvalue weighted by Gasteiger charge is 2.48. The van der Waals surface area contributed by atoms with Crippen molar-refractivity contribution in [1.82, 2.24) is 19.9 Å². The molecule has 4 rings (SSSR count). The van der Waals surface area contributed by atoms with E-state index in [1.165, 1.54) is 6.20 Å². The summed E-state index contributed by atoms with van der Waals surface area (Å²) in [6.07, 6.45) is 4.86. The molecule has 146 valence electrons. The van der Waals surface area contributed by atoms with Crippen molar-refractivity contribution < 1.29 is 13.2 Å². The van der Waals surface area contributed by atoms with Crippen molar-refractivity contribution in [3.63, 3.8) is 0 Å². The number of sulfone groups is 1. The van der Waals surface area contributed by atoms with E-state index < -0.39 is 20.5 Å². The molecular weight excluding hydrogens is 378 g/mol. The van der Waals surface area contributed by atoms with Crippen LogP contribution in [0.4, 0.5) is 5.69 Å². The number of imidazole rings is 1. The lowest BCUT2D eigenvalue weighted by Gasteiger charge is -2.34. The van der Waals surface area contributed by atoms with E-state index in [0.29, 0.717) is 24.6 Å². The molecule has 0 aliphatic carbocycles. The van der Waals surface area contributed by atoms with Crippen LogP contribution in [-0.2, 0) is 14.6 Å². The number of nitrogens with one attached hydrogen (secondary N) is 2. The van der Waals surface area contributed by atoms with Crippen molar-refractivity contribution in [3.8, 4) is 5.82 Å². The van der Waals surface area contributed by atoms with Gasteiger partial charge in [-0.25, -0.2) is 18.4 Å². The molecule has 1 aliphatic rings. The summed E-state index contributed by atoms with van der Waals surface area (Å²) < 4.78 is 25.2. The number of hydrogen-bond donors (Lipinski definition) is 2. The van der Waals surface area contributed by atoms with Gasteiger partial charge in [-0.2, -0.15) is 0 Å². The average Bonchev–Trinajstić information content (AvgIpc) is 3.12. The Hall–Kier alpha value is -2.78. The fraction of sp³-hybridized carbons (Fsp3) is 0.316. The molecule has 0 radical (unpaired) electrons. The summed E-state index contributed by atoms with van der Waals surface area (Å²) >= 11 is 0. The number of nitrogens with zero attached hydrogens (tertiary/aromatic N) is 3. The number of para-hydroxylation sites is 2. The second kappa shape index (κ2) is 6.99. The van der Waals surface area contributed by atoms with Crippen LogP contribution in [0.5, 0.6) is 0 Å². The van der Waals surface area contributed by atoms with Crippen molar-refractivity contribution in [1.29, 1.82) is 0 Å². The lowest BCUT2D eigenvalue weighted by molar-refractivity contribution is -0.119. The van der Waals surface area contributed by atoms with Gasteiger partial charge in [0.15, 0.2) is 14.6 Å². The number of fused-ring (bicyclic) bond motifs is 1. The van der Waals surface area contributed by atoms with E-state index in [4.69, 9.17) is 0 Å². The standard InChI is InChI=1S/C19H21N5O3S/c1-28(26,27)19(8-10-20-11-9-19)18(25)23-14-6-7-17(21-12-14)24-13-22-15-4-2-3-5-16(15)24/h2-7,12-13,20H,8-11H2,1H3,(H,23,25). The van der Waals surface area contributed by atoms with Crippen molar-refractivity contribution in [3.05, 3.63) is 48.9 Å². The Balaban J connectivity index is 1.58. The van der Waals surface area contributed by atoms with Gasteiger partial charge in [0, 0.05) is 6.26 Å². The van der Waals surface area contributed by atoms with Crippen LogP contribution in [0.2, 0.25) is 0 Å². The summed E-state index contributed by atoms with van der Waals surface area (Å²) in [5.41, 5.74) is 2.25. The average molecular weight is 399 g/mol. The number of hydrogen-bond acceptors (Lipinski definition) is 6. The van der Waals surface area contributed by atoms with Gasteiger partial charge in [0.05, 0.1) is 22.9 Å². The molecule has 1 saturated heterocycles. The number of pyridine rings is 1. The van der Waals surface area contributed by atoms with Crippen molar-refractivity contribution in [2.24, 2.45) is 0 Å². The van der Waals surface area contributed by atoms with Crippen LogP contribution in [0.1, 0.15) is 12.8 Å². The summed E-state index contributed by atoms with van der Waals surface area (Å²) in [6.45, 7) is 0.983. The molecule has 1 amide bonds. The summed E-state index contributed by atoms with van der Waals surface area (Å²) in [5, 5.41) is 5.84. The summed E-state index contributed by atoms with van der Waals surface area (Å²) in [4.78, 5) is 21.6. The first-order valence-corrected chi connectivity index (χ1v) is 10.9. The van der Waals surface area contributed by atoms with Gasteiger partial charge in [-0.1, -0.05) is 12.1 Å². The molecular formula is C19H21N5O3S. The van der Waals surface area contributed by atoms with Gasteiger partial charge in [-0.05, 0) is 50.2 Å². The SMILES string of the molecule is CS(=O)(=O)C1(C(=O)Nc2ccc(-n3cnc4ccccc43)nc2)CCNCC1. The lowest BCUT2D eigenvalue weighted by Crippen LogP contribution is -2.55. The Morgan fingerprint density at radius 2 is 1.89 bits per heavy atom. The number of carbonyl (C=O) groups is 1. The first kappa shape index (κ1) is 18.6. The molecule has 0 bridgehead atoms. The normalized spacial score (nSPS) is 16.8. The van der Waals surface area contributed by atoms with Crippen LogP contribution >= 0.6 is 0 Å². The van der Waals surface area contributed by atoms with Crippen LogP contribution in [0, 0.1) is 0 Å². The molecule has 0 saturated carbocycles. The molecule has 8 nitrogen and oxygen atoms in total. The minimum Gasteiger partial charge on any atom is -0.323 e. The molecule has 9 heteroatoms. The zero-order valence-corrected chi connectivity index (χ0v) is 16.2. The maximum Gasteiger partial charge on any atom is 0.245 e. The van der Waals surface area contributed by atoms with E-state index in [1.54, 1.807) is 18.5 Å².